The Balaban J connectivity index is 2.66. The standard InChI is InChI=1S/C14H22N2O2/c1-10(2)9-18-13-6-4-5-12(7-13)14(17)16-11(3)8-15/h4-7,10-11H,8-9,15H2,1-3H3,(H,16,17)/t11-/m0/s1. The highest BCUT2D eigenvalue weighted by Gasteiger charge is 2.09. The smallest absolute Gasteiger partial charge is 0.251 e. The van der Waals surface area contributed by atoms with E-state index in [1.54, 1.807) is 12.1 Å². The predicted molar refractivity (Wildman–Crippen MR) is 72.8 cm³/mol. The zero-order chi connectivity index (χ0) is 13.5. The van der Waals surface area contributed by atoms with E-state index in [1.807, 2.05) is 19.1 Å². The lowest BCUT2D eigenvalue weighted by atomic mass is 10.2. The summed E-state index contributed by atoms with van der Waals surface area (Å²) < 4.78 is 5.58. The van der Waals surface area contributed by atoms with Gasteiger partial charge in [-0.05, 0) is 31.0 Å². The van der Waals surface area contributed by atoms with Gasteiger partial charge >= 0.3 is 0 Å². The topological polar surface area (TPSA) is 64.3 Å². The van der Waals surface area contributed by atoms with E-state index in [-0.39, 0.29) is 11.9 Å². The van der Waals surface area contributed by atoms with Crippen LogP contribution in [0.25, 0.3) is 0 Å². The van der Waals surface area contributed by atoms with Gasteiger partial charge in [-0.3, -0.25) is 4.79 Å². The van der Waals surface area contributed by atoms with Crippen LogP contribution in [-0.4, -0.2) is 25.1 Å². The molecule has 0 aliphatic rings. The fraction of sp³-hybridized carbons (Fsp3) is 0.500. The van der Waals surface area contributed by atoms with Crippen LogP contribution < -0.4 is 15.8 Å². The summed E-state index contributed by atoms with van der Waals surface area (Å²) >= 11 is 0. The van der Waals surface area contributed by atoms with Gasteiger partial charge in [0.1, 0.15) is 5.75 Å². The van der Waals surface area contributed by atoms with Crippen LogP contribution in [0.2, 0.25) is 0 Å². The summed E-state index contributed by atoms with van der Waals surface area (Å²) in [5.41, 5.74) is 6.06. The Bertz CT molecular complexity index is 391. The monoisotopic (exact) mass is 250 g/mol. The Labute approximate surface area is 109 Å². The molecule has 0 unspecified atom stereocenters. The number of nitrogens with one attached hydrogen (secondary N) is 1. The lowest BCUT2D eigenvalue weighted by Gasteiger charge is -2.13. The second-order valence-corrected chi connectivity index (χ2v) is 4.84. The normalized spacial score (nSPS) is 12.3. The molecule has 0 spiro atoms. The number of ether oxygens (including phenoxy) is 1. The van der Waals surface area contributed by atoms with Crippen molar-refractivity contribution in [2.75, 3.05) is 13.2 Å². The van der Waals surface area contributed by atoms with Gasteiger partial charge in [0.15, 0.2) is 0 Å². The number of hydrogen-bond acceptors (Lipinski definition) is 3. The molecule has 3 N–H and O–H groups in total. The molecule has 1 atom stereocenters. The van der Waals surface area contributed by atoms with Gasteiger partial charge in [-0.15, -0.1) is 0 Å². The molecule has 18 heavy (non-hydrogen) atoms. The summed E-state index contributed by atoms with van der Waals surface area (Å²) in [6.45, 7) is 7.11. The number of benzene rings is 1. The Kier molecular flexibility index (Phi) is 5.65. The summed E-state index contributed by atoms with van der Waals surface area (Å²) in [5, 5.41) is 2.82. The molecule has 4 nitrogen and oxygen atoms in total. The number of carbonyl (C=O) groups is 1. The number of hydrogen-bond donors (Lipinski definition) is 2. The van der Waals surface area contributed by atoms with Gasteiger partial charge in [0, 0.05) is 18.2 Å². The van der Waals surface area contributed by atoms with Crippen LogP contribution in [0.3, 0.4) is 0 Å². The third kappa shape index (κ3) is 4.75. The van der Waals surface area contributed by atoms with Crippen molar-refractivity contribution in [2.24, 2.45) is 11.7 Å². The molecule has 0 aliphatic heterocycles. The molecule has 0 saturated carbocycles. The molecule has 0 heterocycles. The van der Waals surface area contributed by atoms with Crippen LogP contribution in [0.5, 0.6) is 5.75 Å². The molecule has 0 bridgehead atoms. The van der Waals surface area contributed by atoms with Gasteiger partial charge < -0.3 is 15.8 Å². The molecule has 0 aromatic heterocycles. The van der Waals surface area contributed by atoms with Gasteiger partial charge in [0.25, 0.3) is 5.91 Å². The Hall–Kier alpha value is -1.55. The van der Waals surface area contributed by atoms with Crippen molar-refractivity contribution in [3.8, 4) is 5.75 Å². The van der Waals surface area contributed by atoms with E-state index in [0.29, 0.717) is 24.6 Å². The van der Waals surface area contributed by atoms with Crippen LogP contribution in [0, 0.1) is 5.92 Å². The van der Waals surface area contributed by atoms with E-state index in [9.17, 15) is 4.79 Å². The van der Waals surface area contributed by atoms with Crippen LogP contribution in [0.4, 0.5) is 0 Å². The third-order valence-electron chi connectivity index (χ3n) is 2.41. The van der Waals surface area contributed by atoms with Crippen molar-refractivity contribution < 1.29 is 9.53 Å². The van der Waals surface area contributed by atoms with E-state index in [0.717, 1.165) is 5.75 Å². The Morgan fingerprint density at radius 2 is 2.11 bits per heavy atom. The van der Waals surface area contributed by atoms with E-state index < -0.39 is 0 Å². The fourth-order valence-corrected chi connectivity index (χ4v) is 1.36. The van der Waals surface area contributed by atoms with Crippen LogP contribution >= 0.6 is 0 Å². The molecule has 0 aliphatic carbocycles. The zero-order valence-electron chi connectivity index (χ0n) is 11.3. The highest BCUT2D eigenvalue weighted by molar-refractivity contribution is 5.94. The number of amides is 1. The van der Waals surface area contributed by atoms with E-state index in [1.165, 1.54) is 0 Å². The first kappa shape index (κ1) is 14.5. The van der Waals surface area contributed by atoms with Gasteiger partial charge in [0.05, 0.1) is 6.61 Å². The molecule has 4 heteroatoms. The number of nitrogens with two attached hydrogens (primary N) is 1. The Morgan fingerprint density at radius 1 is 1.39 bits per heavy atom. The quantitative estimate of drug-likeness (QED) is 0.809. The molecule has 1 aromatic rings. The highest BCUT2D eigenvalue weighted by Crippen LogP contribution is 2.14. The summed E-state index contributed by atoms with van der Waals surface area (Å²) in [5.74, 6) is 1.06. The van der Waals surface area contributed by atoms with Crippen molar-refractivity contribution in [3.63, 3.8) is 0 Å². The van der Waals surface area contributed by atoms with Crippen molar-refractivity contribution in [3.05, 3.63) is 29.8 Å². The largest absolute Gasteiger partial charge is 0.493 e. The van der Waals surface area contributed by atoms with Crippen molar-refractivity contribution in [1.29, 1.82) is 0 Å². The minimum absolute atomic E-state index is 0.0299. The fourth-order valence-electron chi connectivity index (χ4n) is 1.36. The van der Waals surface area contributed by atoms with Crippen molar-refractivity contribution in [2.45, 2.75) is 26.8 Å². The second kappa shape index (κ2) is 7.01. The van der Waals surface area contributed by atoms with Crippen LogP contribution in [-0.2, 0) is 0 Å². The summed E-state index contributed by atoms with van der Waals surface area (Å²) in [4.78, 5) is 11.9. The summed E-state index contributed by atoms with van der Waals surface area (Å²) in [7, 11) is 0. The predicted octanol–water partition coefficient (Wildman–Crippen LogP) is 1.80. The van der Waals surface area contributed by atoms with Gasteiger partial charge in [-0.2, -0.15) is 0 Å². The van der Waals surface area contributed by atoms with Gasteiger partial charge in [0.2, 0.25) is 0 Å². The minimum Gasteiger partial charge on any atom is -0.493 e. The molecule has 0 fully saturated rings. The minimum atomic E-state index is -0.122. The maximum Gasteiger partial charge on any atom is 0.251 e. The molecular formula is C14H22N2O2. The molecule has 1 amide bonds. The van der Waals surface area contributed by atoms with Crippen LogP contribution in [0.1, 0.15) is 31.1 Å². The summed E-state index contributed by atoms with van der Waals surface area (Å²) in [6.07, 6.45) is 0. The molecule has 1 aromatic carbocycles. The first-order valence-electron chi connectivity index (χ1n) is 6.26. The van der Waals surface area contributed by atoms with Crippen molar-refractivity contribution in [1.82, 2.24) is 5.32 Å². The molecule has 1 rings (SSSR count). The van der Waals surface area contributed by atoms with E-state index in [4.69, 9.17) is 10.5 Å². The van der Waals surface area contributed by atoms with E-state index >= 15 is 0 Å². The highest BCUT2D eigenvalue weighted by atomic mass is 16.5. The third-order valence-corrected chi connectivity index (χ3v) is 2.41. The SMILES string of the molecule is CC(C)COc1cccc(C(=O)N[C@@H](C)CN)c1. The second-order valence-electron chi connectivity index (χ2n) is 4.84. The number of carbonyl (C=O) groups excluding carboxylic acids is 1. The number of rotatable bonds is 6. The average Bonchev–Trinajstić information content (AvgIpc) is 2.36. The maximum absolute atomic E-state index is 11.9. The molecule has 0 radical (unpaired) electrons. The molecule has 100 valence electrons. The maximum atomic E-state index is 11.9. The summed E-state index contributed by atoms with van der Waals surface area (Å²) in [6, 6.07) is 7.16. The van der Waals surface area contributed by atoms with E-state index in [2.05, 4.69) is 19.2 Å². The average molecular weight is 250 g/mol. The van der Waals surface area contributed by atoms with Gasteiger partial charge in [-0.1, -0.05) is 19.9 Å². The Morgan fingerprint density at radius 3 is 2.72 bits per heavy atom. The first-order valence-corrected chi connectivity index (χ1v) is 6.26. The molecule has 0 saturated heterocycles. The first-order chi connectivity index (χ1) is 8.52. The van der Waals surface area contributed by atoms with Gasteiger partial charge in [-0.25, -0.2) is 0 Å². The van der Waals surface area contributed by atoms with Crippen LogP contribution in [0.15, 0.2) is 24.3 Å². The van der Waals surface area contributed by atoms with Crippen molar-refractivity contribution >= 4 is 5.91 Å². The molecular weight excluding hydrogens is 228 g/mol. The lowest BCUT2D eigenvalue weighted by Crippen LogP contribution is -2.37. The zero-order valence-corrected chi connectivity index (χ0v) is 11.3. The lowest BCUT2D eigenvalue weighted by molar-refractivity contribution is 0.0941.